The third-order valence-corrected chi connectivity index (χ3v) is 3.02. The quantitative estimate of drug-likeness (QED) is 0.858. The molecule has 0 aliphatic carbocycles. The van der Waals surface area contributed by atoms with Crippen molar-refractivity contribution in [1.29, 1.82) is 0 Å². The van der Waals surface area contributed by atoms with Gasteiger partial charge >= 0.3 is 0 Å². The van der Waals surface area contributed by atoms with Crippen LogP contribution in [0.2, 0.25) is 0 Å². The van der Waals surface area contributed by atoms with Crippen LogP contribution in [0.25, 0.3) is 0 Å². The average molecular weight is 310 g/mol. The highest BCUT2D eigenvalue weighted by Crippen LogP contribution is 2.13. The molecule has 0 aliphatic heterocycles. The Balaban J connectivity index is 0.00000220. The lowest BCUT2D eigenvalue weighted by Gasteiger charge is -2.11. The highest BCUT2D eigenvalue weighted by molar-refractivity contribution is 5.85. The lowest BCUT2D eigenvalue weighted by Crippen LogP contribution is -2.27. The molecule has 1 atom stereocenters. The van der Waals surface area contributed by atoms with Gasteiger partial charge in [0.25, 0.3) is 0 Å². The van der Waals surface area contributed by atoms with Crippen LogP contribution in [0.3, 0.4) is 0 Å². The van der Waals surface area contributed by atoms with Gasteiger partial charge in [0.1, 0.15) is 5.76 Å². The summed E-state index contributed by atoms with van der Waals surface area (Å²) in [5.41, 5.74) is 6.94. The maximum Gasteiger partial charge on any atom is 0.222 e. The van der Waals surface area contributed by atoms with Crippen molar-refractivity contribution in [3.8, 4) is 0 Å². The van der Waals surface area contributed by atoms with Crippen molar-refractivity contribution in [3.63, 3.8) is 0 Å². The molecule has 1 aromatic heterocycles. The zero-order valence-corrected chi connectivity index (χ0v) is 12.7. The number of hydrogen-bond donors (Lipinski definition) is 2. The van der Waals surface area contributed by atoms with Gasteiger partial charge in [0.15, 0.2) is 0 Å². The number of rotatable bonds is 6. The summed E-state index contributed by atoms with van der Waals surface area (Å²) >= 11 is 0. The molecule has 114 valence electrons. The number of carbonyl (C=O) groups is 1. The van der Waals surface area contributed by atoms with Gasteiger partial charge in [0.05, 0.1) is 12.7 Å². The van der Waals surface area contributed by atoms with E-state index in [4.69, 9.17) is 10.2 Å². The molecule has 1 amide bonds. The van der Waals surface area contributed by atoms with E-state index in [-0.39, 0.29) is 30.8 Å². The van der Waals surface area contributed by atoms with Crippen molar-refractivity contribution < 1.29 is 9.21 Å². The molecule has 0 aliphatic rings. The van der Waals surface area contributed by atoms with Crippen LogP contribution in [0, 0.1) is 0 Å². The third kappa shape index (κ3) is 5.21. The maximum atomic E-state index is 11.8. The van der Waals surface area contributed by atoms with Gasteiger partial charge in [0.2, 0.25) is 11.8 Å². The molecule has 5 nitrogen and oxygen atoms in total. The smallest absolute Gasteiger partial charge is 0.222 e. The molecule has 0 fully saturated rings. The lowest BCUT2D eigenvalue weighted by molar-refractivity contribution is -0.121. The van der Waals surface area contributed by atoms with Crippen molar-refractivity contribution in [2.75, 3.05) is 0 Å². The van der Waals surface area contributed by atoms with Gasteiger partial charge in [-0.15, -0.1) is 12.4 Å². The monoisotopic (exact) mass is 309 g/mol. The highest BCUT2D eigenvalue weighted by atomic mass is 35.5. The first-order valence-electron chi connectivity index (χ1n) is 6.70. The first-order chi connectivity index (χ1) is 9.69. The van der Waals surface area contributed by atoms with E-state index in [1.165, 1.54) is 0 Å². The average Bonchev–Trinajstić information content (AvgIpc) is 2.94. The molecule has 3 N–H and O–H groups in total. The Labute approximate surface area is 130 Å². The third-order valence-electron chi connectivity index (χ3n) is 3.02. The van der Waals surface area contributed by atoms with Crippen LogP contribution >= 0.6 is 12.4 Å². The van der Waals surface area contributed by atoms with Gasteiger partial charge in [-0.3, -0.25) is 4.79 Å². The van der Waals surface area contributed by atoms with Crippen LogP contribution in [0.5, 0.6) is 0 Å². The predicted octanol–water partition coefficient (Wildman–Crippen LogP) is 2.37. The second-order valence-electron chi connectivity index (χ2n) is 4.57. The normalized spacial score (nSPS) is 11.5. The van der Waals surface area contributed by atoms with Gasteiger partial charge in [-0.2, -0.15) is 0 Å². The number of nitrogens with zero attached hydrogens (tertiary/aromatic N) is 1. The van der Waals surface area contributed by atoms with Crippen LogP contribution in [-0.2, 0) is 17.8 Å². The first kappa shape index (κ1) is 17.2. The minimum atomic E-state index is -0.299. The lowest BCUT2D eigenvalue weighted by atomic mass is 10.0. The van der Waals surface area contributed by atoms with E-state index < -0.39 is 0 Å². The fourth-order valence-corrected chi connectivity index (χ4v) is 1.86. The highest BCUT2D eigenvalue weighted by Gasteiger charge is 2.12. The Morgan fingerprint density at radius 2 is 2.10 bits per heavy atom. The van der Waals surface area contributed by atoms with Crippen molar-refractivity contribution in [2.45, 2.75) is 32.4 Å². The Morgan fingerprint density at radius 3 is 2.71 bits per heavy atom. The number of nitrogens with two attached hydrogens (primary N) is 1. The van der Waals surface area contributed by atoms with E-state index >= 15 is 0 Å². The molecule has 21 heavy (non-hydrogen) atoms. The van der Waals surface area contributed by atoms with Crippen molar-refractivity contribution >= 4 is 18.3 Å². The standard InChI is InChI=1S/C15H19N3O2.ClH/c1-2-12-9-18-15(20-12)10-17-14(19)8-13(16)11-6-4-3-5-7-11;/h3-7,9,13H,2,8,10,16H2,1H3,(H,17,19);1H. The van der Waals surface area contributed by atoms with Crippen LogP contribution < -0.4 is 11.1 Å². The summed E-state index contributed by atoms with van der Waals surface area (Å²) in [5.74, 6) is 1.22. The number of hydrogen-bond acceptors (Lipinski definition) is 4. The number of aryl methyl sites for hydroxylation is 1. The van der Waals surface area contributed by atoms with Gasteiger partial charge in [-0.25, -0.2) is 4.98 Å². The van der Waals surface area contributed by atoms with Crippen LogP contribution in [0.4, 0.5) is 0 Å². The van der Waals surface area contributed by atoms with Crippen molar-refractivity contribution in [2.24, 2.45) is 5.73 Å². The largest absolute Gasteiger partial charge is 0.444 e. The van der Waals surface area contributed by atoms with Crippen LogP contribution in [0.1, 0.15) is 36.6 Å². The number of benzene rings is 1. The second-order valence-corrected chi connectivity index (χ2v) is 4.57. The van der Waals surface area contributed by atoms with Gasteiger partial charge in [0, 0.05) is 18.9 Å². The Hall–Kier alpha value is -1.85. The topological polar surface area (TPSA) is 81.2 Å². The van der Waals surface area contributed by atoms with Gasteiger partial charge < -0.3 is 15.5 Å². The van der Waals surface area contributed by atoms with E-state index in [0.29, 0.717) is 12.4 Å². The number of nitrogens with one attached hydrogen (secondary N) is 1. The fraction of sp³-hybridized carbons (Fsp3) is 0.333. The SMILES string of the molecule is CCc1cnc(CNC(=O)CC(N)c2ccccc2)o1.Cl. The van der Waals surface area contributed by atoms with E-state index in [9.17, 15) is 4.79 Å². The molecule has 0 bridgehead atoms. The van der Waals surface area contributed by atoms with E-state index in [0.717, 1.165) is 17.7 Å². The van der Waals surface area contributed by atoms with Crippen LogP contribution in [0.15, 0.2) is 40.9 Å². The second kappa shape index (κ2) is 8.44. The summed E-state index contributed by atoms with van der Waals surface area (Å²) in [7, 11) is 0. The Kier molecular flexibility index (Phi) is 6.91. The zero-order valence-electron chi connectivity index (χ0n) is 11.9. The van der Waals surface area contributed by atoms with Gasteiger partial charge in [-0.1, -0.05) is 37.3 Å². The van der Waals surface area contributed by atoms with Crippen molar-refractivity contribution in [1.82, 2.24) is 10.3 Å². The Bertz CT molecular complexity index is 557. The Morgan fingerprint density at radius 1 is 1.38 bits per heavy atom. The summed E-state index contributed by atoms with van der Waals surface area (Å²) in [5, 5.41) is 2.76. The molecule has 1 unspecified atom stereocenters. The molecule has 2 aromatic rings. The molecule has 0 saturated carbocycles. The van der Waals surface area contributed by atoms with Crippen molar-refractivity contribution in [3.05, 3.63) is 53.7 Å². The summed E-state index contributed by atoms with van der Waals surface area (Å²) in [6.45, 7) is 2.28. The predicted molar refractivity (Wildman–Crippen MR) is 83.0 cm³/mol. The maximum absolute atomic E-state index is 11.8. The molecular weight excluding hydrogens is 290 g/mol. The number of amides is 1. The summed E-state index contributed by atoms with van der Waals surface area (Å²) < 4.78 is 5.42. The van der Waals surface area contributed by atoms with E-state index in [1.807, 2.05) is 37.3 Å². The molecule has 1 aromatic carbocycles. The summed E-state index contributed by atoms with van der Waals surface area (Å²) in [6.07, 6.45) is 2.71. The molecular formula is C15H20ClN3O2. The first-order valence-corrected chi connectivity index (χ1v) is 6.70. The molecule has 2 rings (SSSR count). The zero-order chi connectivity index (χ0) is 14.4. The molecule has 0 saturated heterocycles. The minimum Gasteiger partial charge on any atom is -0.444 e. The number of aromatic nitrogens is 1. The van der Waals surface area contributed by atoms with Gasteiger partial charge in [-0.05, 0) is 5.56 Å². The summed E-state index contributed by atoms with van der Waals surface area (Å²) in [4.78, 5) is 15.9. The molecule has 0 spiro atoms. The molecule has 1 heterocycles. The molecule has 0 radical (unpaired) electrons. The number of oxazole rings is 1. The number of carbonyl (C=O) groups excluding carboxylic acids is 1. The van der Waals surface area contributed by atoms with Crippen LogP contribution in [-0.4, -0.2) is 10.9 Å². The summed E-state index contributed by atoms with van der Waals surface area (Å²) in [6, 6.07) is 9.27. The van der Waals surface area contributed by atoms with E-state index in [2.05, 4.69) is 10.3 Å². The van der Waals surface area contributed by atoms with E-state index in [1.54, 1.807) is 6.20 Å². The number of halogens is 1. The fourth-order valence-electron chi connectivity index (χ4n) is 1.86. The minimum absolute atomic E-state index is 0. The molecule has 6 heteroatoms.